The molecular weight excluding hydrogens is 430 g/mol. The van der Waals surface area contributed by atoms with Crippen LogP contribution in [0.4, 0.5) is 5.00 Å². The number of hydrogen-bond acceptors (Lipinski definition) is 6. The number of thiophene rings is 2. The second-order valence-corrected chi connectivity index (χ2v) is 9.71. The van der Waals surface area contributed by atoms with Gasteiger partial charge in [-0.05, 0) is 67.7 Å². The third kappa shape index (κ3) is 4.52. The van der Waals surface area contributed by atoms with E-state index in [1.165, 1.54) is 34.7 Å². The third-order valence-electron chi connectivity index (χ3n) is 5.46. The van der Waals surface area contributed by atoms with Gasteiger partial charge in [0.15, 0.2) is 0 Å². The van der Waals surface area contributed by atoms with E-state index in [4.69, 9.17) is 9.47 Å². The number of para-hydroxylation sites is 1. The SMILES string of the molecule is COC(=O)c1c(NC(=O)c2cc(COc3c(C)cccc3C)cs2)sc2c1CCCC2. The molecule has 0 aliphatic heterocycles. The number of rotatable bonds is 6. The zero-order chi connectivity index (χ0) is 22.0. The molecule has 1 N–H and O–H groups in total. The first-order valence-corrected chi connectivity index (χ1v) is 12.0. The topological polar surface area (TPSA) is 64.6 Å². The minimum Gasteiger partial charge on any atom is -0.488 e. The Labute approximate surface area is 190 Å². The first-order valence-electron chi connectivity index (χ1n) is 10.3. The molecule has 1 aliphatic carbocycles. The maximum absolute atomic E-state index is 12.9. The lowest BCUT2D eigenvalue weighted by atomic mass is 9.95. The molecule has 2 heterocycles. The van der Waals surface area contributed by atoms with E-state index in [9.17, 15) is 9.59 Å². The molecule has 31 heavy (non-hydrogen) atoms. The fraction of sp³-hybridized carbons (Fsp3) is 0.333. The first-order chi connectivity index (χ1) is 15.0. The summed E-state index contributed by atoms with van der Waals surface area (Å²) in [6.07, 6.45) is 3.95. The molecule has 7 heteroatoms. The van der Waals surface area contributed by atoms with E-state index in [1.54, 1.807) is 0 Å². The van der Waals surface area contributed by atoms with Crippen molar-refractivity contribution in [1.82, 2.24) is 0 Å². The highest BCUT2D eigenvalue weighted by atomic mass is 32.1. The van der Waals surface area contributed by atoms with Crippen molar-refractivity contribution in [2.24, 2.45) is 0 Å². The number of esters is 1. The molecule has 1 aromatic carbocycles. The van der Waals surface area contributed by atoms with Crippen LogP contribution in [-0.2, 0) is 24.2 Å². The first kappa shape index (κ1) is 21.6. The summed E-state index contributed by atoms with van der Waals surface area (Å²) in [5.41, 5.74) is 4.67. The second kappa shape index (κ2) is 9.24. The zero-order valence-electron chi connectivity index (χ0n) is 17.9. The van der Waals surface area contributed by atoms with Gasteiger partial charge in [0.2, 0.25) is 0 Å². The molecule has 0 radical (unpaired) electrons. The maximum atomic E-state index is 12.9. The number of nitrogens with one attached hydrogen (secondary N) is 1. The molecule has 5 nitrogen and oxygen atoms in total. The van der Waals surface area contributed by atoms with Crippen LogP contribution in [-0.4, -0.2) is 19.0 Å². The summed E-state index contributed by atoms with van der Waals surface area (Å²) in [5.74, 6) is 0.280. The van der Waals surface area contributed by atoms with Gasteiger partial charge in [-0.1, -0.05) is 18.2 Å². The average Bonchev–Trinajstić information content (AvgIpc) is 3.37. The molecule has 0 atom stereocenters. The van der Waals surface area contributed by atoms with Crippen LogP contribution in [0.5, 0.6) is 5.75 Å². The van der Waals surface area contributed by atoms with Crippen molar-refractivity contribution in [3.8, 4) is 5.75 Å². The summed E-state index contributed by atoms with van der Waals surface area (Å²) in [6, 6.07) is 7.90. The molecule has 4 rings (SSSR count). The fourth-order valence-electron chi connectivity index (χ4n) is 3.89. The van der Waals surface area contributed by atoms with Gasteiger partial charge in [0.1, 0.15) is 17.4 Å². The van der Waals surface area contributed by atoms with Gasteiger partial charge in [0, 0.05) is 10.4 Å². The van der Waals surface area contributed by atoms with Crippen LogP contribution in [0.15, 0.2) is 29.6 Å². The smallest absolute Gasteiger partial charge is 0.341 e. The molecule has 0 spiro atoms. The van der Waals surface area contributed by atoms with Crippen LogP contribution in [0.25, 0.3) is 0 Å². The van der Waals surface area contributed by atoms with Crippen LogP contribution in [0.1, 0.15) is 60.0 Å². The second-order valence-electron chi connectivity index (χ2n) is 7.69. The van der Waals surface area contributed by atoms with Crippen molar-refractivity contribution >= 4 is 39.6 Å². The van der Waals surface area contributed by atoms with Crippen molar-refractivity contribution in [2.75, 3.05) is 12.4 Å². The van der Waals surface area contributed by atoms with Crippen molar-refractivity contribution in [2.45, 2.75) is 46.1 Å². The molecule has 1 amide bonds. The molecule has 0 unspecified atom stereocenters. The van der Waals surface area contributed by atoms with Crippen LogP contribution in [0.3, 0.4) is 0 Å². The van der Waals surface area contributed by atoms with Gasteiger partial charge in [-0.25, -0.2) is 4.79 Å². The molecule has 0 saturated heterocycles. The predicted molar refractivity (Wildman–Crippen MR) is 125 cm³/mol. The van der Waals surface area contributed by atoms with Crippen molar-refractivity contribution in [3.05, 3.63) is 67.2 Å². The maximum Gasteiger partial charge on any atom is 0.341 e. The van der Waals surface area contributed by atoms with Gasteiger partial charge in [0.05, 0.1) is 17.6 Å². The number of amides is 1. The number of aryl methyl sites for hydroxylation is 3. The molecule has 1 aliphatic rings. The summed E-state index contributed by atoms with van der Waals surface area (Å²) in [7, 11) is 1.38. The van der Waals surface area contributed by atoms with Crippen LogP contribution in [0, 0.1) is 13.8 Å². The lowest BCUT2D eigenvalue weighted by Crippen LogP contribution is -2.14. The molecule has 3 aromatic rings. The van der Waals surface area contributed by atoms with Gasteiger partial charge in [-0.15, -0.1) is 22.7 Å². The van der Waals surface area contributed by atoms with E-state index < -0.39 is 0 Å². The van der Waals surface area contributed by atoms with Gasteiger partial charge in [-0.3, -0.25) is 4.79 Å². The molecule has 0 saturated carbocycles. The Balaban J connectivity index is 1.48. The summed E-state index contributed by atoms with van der Waals surface area (Å²) in [5, 5.41) is 5.48. The van der Waals surface area contributed by atoms with E-state index in [2.05, 4.69) is 5.32 Å². The van der Waals surface area contributed by atoms with Crippen molar-refractivity contribution in [3.63, 3.8) is 0 Å². The van der Waals surface area contributed by atoms with E-state index in [0.29, 0.717) is 22.0 Å². The van der Waals surface area contributed by atoms with Gasteiger partial charge in [0.25, 0.3) is 5.91 Å². The highest BCUT2D eigenvalue weighted by Crippen LogP contribution is 2.39. The summed E-state index contributed by atoms with van der Waals surface area (Å²) in [4.78, 5) is 27.0. The molecule has 2 aromatic heterocycles. The van der Waals surface area contributed by atoms with Crippen molar-refractivity contribution in [1.29, 1.82) is 0 Å². The number of carbonyl (C=O) groups is 2. The van der Waals surface area contributed by atoms with E-state index in [0.717, 1.165) is 53.7 Å². The number of benzene rings is 1. The largest absolute Gasteiger partial charge is 0.488 e. The average molecular weight is 456 g/mol. The standard InChI is InChI=1S/C24H25NO4S2/c1-14-7-6-8-15(2)21(14)29-12-16-11-19(30-13-16)22(26)25-23-20(24(27)28-3)17-9-4-5-10-18(17)31-23/h6-8,11,13H,4-5,9-10,12H2,1-3H3,(H,25,26). The number of ether oxygens (including phenoxy) is 2. The van der Waals surface area contributed by atoms with Gasteiger partial charge in [-0.2, -0.15) is 0 Å². The van der Waals surface area contributed by atoms with Crippen LogP contribution < -0.4 is 10.1 Å². The molecule has 162 valence electrons. The van der Waals surface area contributed by atoms with Gasteiger partial charge >= 0.3 is 5.97 Å². The lowest BCUT2D eigenvalue weighted by molar-refractivity contribution is 0.0601. The minimum absolute atomic E-state index is 0.216. The Morgan fingerprint density at radius 1 is 1.13 bits per heavy atom. The van der Waals surface area contributed by atoms with E-state index in [-0.39, 0.29) is 11.9 Å². The fourth-order valence-corrected chi connectivity index (χ4v) is 5.95. The molecular formula is C24H25NO4S2. The number of hydrogen-bond donors (Lipinski definition) is 1. The summed E-state index contributed by atoms with van der Waals surface area (Å²) in [6.45, 7) is 4.44. The van der Waals surface area contributed by atoms with Crippen LogP contribution in [0.2, 0.25) is 0 Å². The Morgan fingerprint density at radius 2 is 1.87 bits per heavy atom. The van der Waals surface area contributed by atoms with Gasteiger partial charge < -0.3 is 14.8 Å². The quantitative estimate of drug-likeness (QED) is 0.468. The highest BCUT2D eigenvalue weighted by molar-refractivity contribution is 7.17. The highest BCUT2D eigenvalue weighted by Gasteiger charge is 2.27. The minimum atomic E-state index is -0.386. The Kier molecular flexibility index (Phi) is 6.43. The van der Waals surface area contributed by atoms with Crippen molar-refractivity contribution < 1.29 is 19.1 Å². The normalized spacial score (nSPS) is 12.9. The summed E-state index contributed by atoms with van der Waals surface area (Å²) < 4.78 is 11.0. The Hall–Kier alpha value is -2.64. The number of anilines is 1. The molecule has 0 fully saturated rings. The van der Waals surface area contributed by atoms with E-state index >= 15 is 0 Å². The zero-order valence-corrected chi connectivity index (χ0v) is 19.5. The predicted octanol–water partition coefficient (Wildman–Crippen LogP) is 5.92. The lowest BCUT2D eigenvalue weighted by Gasteiger charge is -2.11. The summed E-state index contributed by atoms with van der Waals surface area (Å²) >= 11 is 2.87. The van der Waals surface area contributed by atoms with E-state index in [1.807, 2.05) is 43.5 Å². The molecule has 0 bridgehead atoms. The third-order valence-corrected chi connectivity index (χ3v) is 7.64. The monoisotopic (exact) mass is 455 g/mol. The Morgan fingerprint density at radius 3 is 2.61 bits per heavy atom. The number of carbonyl (C=O) groups excluding carboxylic acids is 2. The number of fused-ring (bicyclic) bond motifs is 1. The Bertz CT molecular complexity index is 1110. The number of methoxy groups -OCH3 is 1. The van der Waals surface area contributed by atoms with Crippen LogP contribution >= 0.6 is 22.7 Å².